The van der Waals surface area contributed by atoms with Gasteiger partial charge in [-0.1, -0.05) is 38.1 Å². The lowest BCUT2D eigenvalue weighted by molar-refractivity contribution is 0.0436. The van der Waals surface area contributed by atoms with Crippen molar-refractivity contribution in [2.24, 2.45) is 5.92 Å². The Morgan fingerprint density at radius 3 is 2.61 bits per heavy atom. The Kier molecular flexibility index (Phi) is 4.79. The van der Waals surface area contributed by atoms with E-state index in [1.807, 2.05) is 0 Å². The molecule has 1 unspecified atom stereocenters. The number of ether oxygens (including phenoxy) is 1. The lowest BCUT2D eigenvalue weighted by atomic mass is 10.0. The summed E-state index contributed by atoms with van der Waals surface area (Å²) < 4.78 is 6.12. The fraction of sp³-hybridized carbons (Fsp3) is 0.625. The smallest absolute Gasteiger partial charge is 0.0951 e. The third-order valence-corrected chi connectivity index (χ3v) is 3.48. The van der Waals surface area contributed by atoms with Crippen LogP contribution >= 0.6 is 0 Å². The van der Waals surface area contributed by atoms with Gasteiger partial charge in [0.05, 0.1) is 12.7 Å². The molecule has 1 fully saturated rings. The second-order valence-corrected chi connectivity index (χ2v) is 5.68. The van der Waals surface area contributed by atoms with Crippen LogP contribution in [0.5, 0.6) is 0 Å². The van der Waals surface area contributed by atoms with Gasteiger partial charge < -0.3 is 10.1 Å². The molecule has 1 N–H and O–H groups in total. The van der Waals surface area contributed by atoms with Gasteiger partial charge in [0.1, 0.15) is 0 Å². The van der Waals surface area contributed by atoms with Crippen LogP contribution in [0.15, 0.2) is 24.3 Å². The van der Waals surface area contributed by atoms with Crippen molar-refractivity contribution in [1.82, 2.24) is 5.32 Å². The maximum absolute atomic E-state index is 6.12. The van der Waals surface area contributed by atoms with Crippen molar-refractivity contribution in [3.05, 3.63) is 35.4 Å². The predicted molar refractivity (Wildman–Crippen MR) is 75.7 cm³/mol. The maximum atomic E-state index is 6.12. The fourth-order valence-electron chi connectivity index (χ4n) is 2.09. The van der Waals surface area contributed by atoms with Crippen molar-refractivity contribution in [3.8, 4) is 0 Å². The van der Waals surface area contributed by atoms with Crippen molar-refractivity contribution in [3.63, 3.8) is 0 Å². The van der Waals surface area contributed by atoms with Crippen LogP contribution in [0, 0.1) is 12.8 Å². The molecule has 0 radical (unpaired) electrons. The molecule has 2 rings (SSSR count). The summed E-state index contributed by atoms with van der Waals surface area (Å²) in [5.41, 5.74) is 2.65. The summed E-state index contributed by atoms with van der Waals surface area (Å²) in [5.74, 6) is 0.815. The van der Waals surface area contributed by atoms with Crippen LogP contribution in [0.25, 0.3) is 0 Å². The Hall–Kier alpha value is -0.860. The molecule has 1 aromatic rings. The molecule has 100 valence electrons. The average molecular weight is 247 g/mol. The van der Waals surface area contributed by atoms with Gasteiger partial charge in [-0.25, -0.2) is 0 Å². The topological polar surface area (TPSA) is 21.3 Å². The Bertz CT molecular complexity index is 365. The zero-order valence-corrected chi connectivity index (χ0v) is 11.8. The van der Waals surface area contributed by atoms with Crippen molar-refractivity contribution in [2.45, 2.75) is 45.8 Å². The molecule has 0 aliphatic heterocycles. The van der Waals surface area contributed by atoms with Gasteiger partial charge in [-0.2, -0.15) is 0 Å². The molecule has 0 saturated heterocycles. The first-order valence-corrected chi connectivity index (χ1v) is 7.07. The summed E-state index contributed by atoms with van der Waals surface area (Å²) >= 11 is 0. The normalized spacial score (nSPS) is 17.1. The number of benzene rings is 1. The minimum absolute atomic E-state index is 0.189. The van der Waals surface area contributed by atoms with Crippen LogP contribution in [0.4, 0.5) is 0 Å². The summed E-state index contributed by atoms with van der Waals surface area (Å²) in [4.78, 5) is 0. The van der Waals surface area contributed by atoms with E-state index < -0.39 is 0 Å². The Labute approximate surface area is 111 Å². The van der Waals surface area contributed by atoms with E-state index in [1.54, 1.807) is 0 Å². The number of nitrogens with one attached hydrogen (secondary N) is 1. The van der Waals surface area contributed by atoms with Gasteiger partial charge in [-0.05, 0) is 36.8 Å². The predicted octanol–water partition coefficient (Wildman–Crippen LogP) is 3.46. The molecule has 0 heterocycles. The van der Waals surface area contributed by atoms with E-state index in [2.05, 4.69) is 50.4 Å². The average Bonchev–Trinajstić information content (AvgIpc) is 3.14. The third kappa shape index (κ3) is 4.11. The zero-order valence-electron chi connectivity index (χ0n) is 11.8. The van der Waals surface area contributed by atoms with Crippen LogP contribution in [0.3, 0.4) is 0 Å². The quantitative estimate of drug-likeness (QED) is 0.796. The van der Waals surface area contributed by atoms with Crippen molar-refractivity contribution in [2.75, 3.05) is 13.2 Å². The molecule has 1 aliphatic carbocycles. The van der Waals surface area contributed by atoms with E-state index in [4.69, 9.17) is 4.74 Å². The van der Waals surface area contributed by atoms with Crippen molar-refractivity contribution < 1.29 is 4.74 Å². The number of rotatable bonds is 7. The van der Waals surface area contributed by atoms with Crippen LogP contribution in [0.1, 0.15) is 43.9 Å². The van der Waals surface area contributed by atoms with Gasteiger partial charge >= 0.3 is 0 Å². The molecule has 0 bridgehead atoms. The summed E-state index contributed by atoms with van der Waals surface area (Å²) in [6.45, 7) is 8.33. The summed E-state index contributed by atoms with van der Waals surface area (Å²) in [7, 11) is 0. The van der Waals surface area contributed by atoms with Gasteiger partial charge in [0, 0.05) is 12.6 Å². The van der Waals surface area contributed by atoms with E-state index in [0.29, 0.717) is 6.04 Å². The molecule has 1 atom stereocenters. The fourth-order valence-corrected chi connectivity index (χ4v) is 2.09. The monoisotopic (exact) mass is 247 g/mol. The van der Waals surface area contributed by atoms with Gasteiger partial charge in [0.15, 0.2) is 0 Å². The minimum atomic E-state index is 0.189. The molecule has 18 heavy (non-hydrogen) atoms. The number of hydrogen-bond donors (Lipinski definition) is 1. The van der Waals surface area contributed by atoms with Gasteiger partial charge in [0.25, 0.3) is 0 Å². The highest BCUT2D eigenvalue weighted by Crippen LogP contribution is 2.31. The molecule has 0 amide bonds. The van der Waals surface area contributed by atoms with E-state index in [1.165, 1.54) is 24.0 Å². The molecule has 1 saturated carbocycles. The summed E-state index contributed by atoms with van der Waals surface area (Å²) in [5, 5.41) is 3.49. The second-order valence-electron chi connectivity index (χ2n) is 5.68. The molecule has 0 spiro atoms. The number of aryl methyl sites for hydroxylation is 1. The third-order valence-electron chi connectivity index (χ3n) is 3.48. The largest absolute Gasteiger partial charge is 0.372 e. The molecular formula is C16H25NO. The van der Waals surface area contributed by atoms with Crippen LogP contribution < -0.4 is 5.32 Å². The summed E-state index contributed by atoms with van der Waals surface area (Å²) in [6.07, 6.45) is 2.88. The summed E-state index contributed by atoms with van der Waals surface area (Å²) in [6, 6.07) is 9.05. The SMILES string of the molecule is Cc1ccccc1C(CNC(C)C)OCC1CC1. The molecule has 0 aromatic heterocycles. The first-order valence-electron chi connectivity index (χ1n) is 7.07. The lowest BCUT2D eigenvalue weighted by Gasteiger charge is -2.22. The Balaban J connectivity index is 1.99. The molecular weight excluding hydrogens is 222 g/mol. The van der Waals surface area contributed by atoms with Gasteiger partial charge in [-0.15, -0.1) is 0 Å². The van der Waals surface area contributed by atoms with E-state index in [0.717, 1.165) is 19.1 Å². The zero-order chi connectivity index (χ0) is 13.0. The van der Waals surface area contributed by atoms with E-state index >= 15 is 0 Å². The highest BCUT2D eigenvalue weighted by Gasteiger charge is 2.24. The van der Waals surface area contributed by atoms with Crippen LogP contribution in [0.2, 0.25) is 0 Å². The first kappa shape index (κ1) is 13.6. The standard InChI is InChI=1S/C16H25NO/c1-12(2)17-10-16(18-11-14-8-9-14)15-7-5-4-6-13(15)3/h4-7,12,14,16-17H,8-11H2,1-3H3. The Morgan fingerprint density at radius 2 is 2.00 bits per heavy atom. The van der Waals surface area contributed by atoms with Gasteiger partial charge in [-0.3, -0.25) is 0 Å². The molecule has 2 nitrogen and oxygen atoms in total. The Morgan fingerprint density at radius 1 is 1.28 bits per heavy atom. The second kappa shape index (κ2) is 6.35. The van der Waals surface area contributed by atoms with Crippen LogP contribution in [-0.4, -0.2) is 19.2 Å². The van der Waals surface area contributed by atoms with E-state index in [9.17, 15) is 0 Å². The maximum Gasteiger partial charge on any atom is 0.0951 e. The highest BCUT2D eigenvalue weighted by molar-refractivity contribution is 5.28. The molecule has 2 heteroatoms. The minimum Gasteiger partial charge on any atom is -0.372 e. The highest BCUT2D eigenvalue weighted by atomic mass is 16.5. The van der Waals surface area contributed by atoms with Gasteiger partial charge in [0.2, 0.25) is 0 Å². The van der Waals surface area contributed by atoms with Crippen LogP contribution in [-0.2, 0) is 4.74 Å². The number of hydrogen-bond acceptors (Lipinski definition) is 2. The molecule has 1 aliphatic rings. The van der Waals surface area contributed by atoms with Crippen molar-refractivity contribution >= 4 is 0 Å². The molecule has 1 aromatic carbocycles. The lowest BCUT2D eigenvalue weighted by Crippen LogP contribution is -2.29. The first-order chi connectivity index (χ1) is 8.66. The van der Waals surface area contributed by atoms with Crippen molar-refractivity contribution in [1.29, 1.82) is 0 Å². The van der Waals surface area contributed by atoms with E-state index in [-0.39, 0.29) is 6.10 Å².